The van der Waals surface area contributed by atoms with Gasteiger partial charge < -0.3 is 19.9 Å². The number of aliphatic carboxylic acids is 1. The fourth-order valence-electron chi connectivity index (χ4n) is 3.96. The van der Waals surface area contributed by atoms with Crippen LogP contribution < -0.4 is 10.6 Å². The molecule has 0 fully saturated rings. The van der Waals surface area contributed by atoms with Crippen LogP contribution in [0.15, 0.2) is 48.5 Å². The third-order valence-corrected chi connectivity index (χ3v) is 6.26. The average Bonchev–Trinajstić information content (AvgIpc) is 3.17. The Morgan fingerprint density at radius 1 is 0.971 bits per heavy atom. The predicted molar refractivity (Wildman–Crippen MR) is 131 cm³/mol. The average molecular weight is 501 g/mol. The topological polar surface area (TPSA) is 131 Å². The second-order valence-corrected chi connectivity index (χ2v) is 8.82. The highest BCUT2D eigenvalue weighted by Gasteiger charge is 2.34. The second-order valence-electron chi connectivity index (χ2n) is 7.84. The lowest BCUT2D eigenvalue weighted by Gasteiger charge is -2.21. The Labute approximate surface area is 207 Å². The first kappa shape index (κ1) is 26.1. The van der Waals surface area contributed by atoms with Gasteiger partial charge >= 0.3 is 18.0 Å². The van der Waals surface area contributed by atoms with Gasteiger partial charge in [-0.2, -0.15) is 11.8 Å². The highest BCUT2D eigenvalue weighted by Crippen LogP contribution is 2.44. The Morgan fingerprint density at radius 3 is 2.11 bits per heavy atom. The standard InChI is InChI=1S/C25H28N2O7S/c1-3-33-24(31)21(22(28)26-20(23(29)30)12-13-35-2)27-25(32)34-14-19-17-10-6-4-8-15(17)16-9-5-7-11-18(16)19/h4-11,19-21H,3,12-14H2,1-2H3,(H,26,28)(H,27,32)(H,29,30)/t20-,21?/m1/s1. The molecule has 35 heavy (non-hydrogen) atoms. The molecule has 0 spiro atoms. The highest BCUT2D eigenvalue weighted by molar-refractivity contribution is 7.98. The van der Waals surface area contributed by atoms with E-state index in [0.29, 0.717) is 5.75 Å². The summed E-state index contributed by atoms with van der Waals surface area (Å²) in [5, 5.41) is 13.9. The summed E-state index contributed by atoms with van der Waals surface area (Å²) in [6.07, 6.45) is 0.972. The van der Waals surface area contributed by atoms with Crippen molar-refractivity contribution < 1.29 is 33.8 Å². The van der Waals surface area contributed by atoms with Crippen molar-refractivity contribution in [3.8, 4) is 11.1 Å². The van der Waals surface area contributed by atoms with Crippen molar-refractivity contribution in [2.75, 3.05) is 25.2 Å². The number of thioether (sulfide) groups is 1. The Bertz CT molecular complexity index is 1050. The zero-order valence-corrected chi connectivity index (χ0v) is 20.3. The highest BCUT2D eigenvalue weighted by atomic mass is 32.2. The third kappa shape index (κ3) is 6.33. The number of hydrogen-bond acceptors (Lipinski definition) is 7. The van der Waals surface area contributed by atoms with Crippen molar-refractivity contribution in [1.82, 2.24) is 10.6 Å². The lowest BCUT2D eigenvalue weighted by molar-refractivity contribution is -0.151. The zero-order valence-electron chi connectivity index (χ0n) is 19.5. The van der Waals surface area contributed by atoms with Crippen LogP contribution in [-0.2, 0) is 23.9 Å². The van der Waals surface area contributed by atoms with E-state index in [-0.39, 0.29) is 25.6 Å². The molecule has 0 saturated carbocycles. The number of fused-ring (bicyclic) bond motifs is 3. The van der Waals surface area contributed by atoms with Crippen LogP contribution in [0.4, 0.5) is 4.79 Å². The molecule has 10 heteroatoms. The normalized spacial score (nSPS) is 13.7. The van der Waals surface area contributed by atoms with Crippen molar-refractivity contribution in [3.05, 3.63) is 59.7 Å². The minimum atomic E-state index is -1.75. The molecule has 1 aliphatic rings. The van der Waals surface area contributed by atoms with E-state index in [0.717, 1.165) is 22.3 Å². The number of nitrogens with one attached hydrogen (secondary N) is 2. The summed E-state index contributed by atoms with van der Waals surface area (Å²) in [6, 6.07) is 12.7. The molecule has 1 aliphatic carbocycles. The summed E-state index contributed by atoms with van der Waals surface area (Å²) in [7, 11) is 0. The van der Waals surface area contributed by atoms with Crippen LogP contribution in [0.25, 0.3) is 11.1 Å². The number of hydrogen-bond donors (Lipinski definition) is 3. The summed E-state index contributed by atoms with van der Waals surface area (Å²) in [6.45, 7) is 1.52. The van der Waals surface area contributed by atoms with Gasteiger partial charge in [0.1, 0.15) is 12.6 Å². The van der Waals surface area contributed by atoms with Gasteiger partial charge in [0.25, 0.3) is 5.91 Å². The SMILES string of the molecule is CCOC(=O)C(NC(=O)OCC1c2ccccc2-c2ccccc21)C(=O)N[C@H](CCSC)C(=O)O. The molecule has 2 aromatic carbocycles. The first-order chi connectivity index (χ1) is 16.9. The molecule has 2 amide bonds. The van der Waals surface area contributed by atoms with Crippen molar-refractivity contribution in [3.63, 3.8) is 0 Å². The fraction of sp³-hybridized carbons (Fsp3) is 0.360. The molecule has 0 radical (unpaired) electrons. The Kier molecular flexibility index (Phi) is 9.13. The number of carbonyl (C=O) groups is 4. The number of amides is 2. The summed E-state index contributed by atoms with van der Waals surface area (Å²) < 4.78 is 10.3. The molecule has 0 bridgehead atoms. The summed E-state index contributed by atoms with van der Waals surface area (Å²) in [4.78, 5) is 49.2. The molecule has 2 aromatic rings. The fourth-order valence-corrected chi connectivity index (χ4v) is 4.43. The van der Waals surface area contributed by atoms with E-state index in [1.165, 1.54) is 11.8 Å². The van der Waals surface area contributed by atoms with Crippen molar-refractivity contribution >= 4 is 35.7 Å². The molecule has 0 aromatic heterocycles. The quantitative estimate of drug-likeness (QED) is 0.317. The van der Waals surface area contributed by atoms with E-state index in [9.17, 15) is 24.3 Å². The van der Waals surface area contributed by atoms with Crippen molar-refractivity contribution in [2.45, 2.75) is 31.3 Å². The minimum Gasteiger partial charge on any atom is -0.480 e. The van der Waals surface area contributed by atoms with Crippen LogP contribution in [0, 0.1) is 0 Å². The van der Waals surface area contributed by atoms with Crippen LogP contribution in [0.3, 0.4) is 0 Å². The lowest BCUT2D eigenvalue weighted by atomic mass is 9.98. The largest absolute Gasteiger partial charge is 0.480 e. The molecule has 0 aliphatic heterocycles. The number of ether oxygens (including phenoxy) is 2. The van der Waals surface area contributed by atoms with Gasteiger partial charge in [-0.05, 0) is 47.6 Å². The number of esters is 1. The van der Waals surface area contributed by atoms with Crippen LogP contribution in [0.1, 0.15) is 30.4 Å². The first-order valence-electron chi connectivity index (χ1n) is 11.2. The van der Waals surface area contributed by atoms with E-state index in [4.69, 9.17) is 9.47 Å². The maximum Gasteiger partial charge on any atom is 0.408 e. The monoisotopic (exact) mass is 500 g/mol. The second kappa shape index (κ2) is 12.3. The number of benzene rings is 2. The van der Waals surface area contributed by atoms with Gasteiger partial charge in [0.15, 0.2) is 0 Å². The van der Waals surface area contributed by atoms with Crippen LogP contribution in [-0.4, -0.2) is 66.4 Å². The molecule has 0 heterocycles. The number of carboxylic acid groups (broad SMARTS) is 1. The minimum absolute atomic E-state index is 0.0114. The number of alkyl carbamates (subject to hydrolysis) is 1. The number of carbonyl (C=O) groups excluding carboxylic acids is 3. The maximum atomic E-state index is 12.7. The summed E-state index contributed by atoms with van der Waals surface area (Å²) in [5.74, 6) is -2.94. The van der Waals surface area contributed by atoms with Gasteiger partial charge in [0.05, 0.1) is 6.61 Å². The van der Waals surface area contributed by atoms with Gasteiger partial charge in [0, 0.05) is 5.92 Å². The van der Waals surface area contributed by atoms with Gasteiger partial charge in [-0.3, -0.25) is 10.1 Å². The zero-order chi connectivity index (χ0) is 25.4. The predicted octanol–water partition coefficient (Wildman–Crippen LogP) is 2.78. The Morgan fingerprint density at radius 2 is 1.57 bits per heavy atom. The molecular weight excluding hydrogens is 472 g/mol. The smallest absolute Gasteiger partial charge is 0.408 e. The van der Waals surface area contributed by atoms with E-state index >= 15 is 0 Å². The van der Waals surface area contributed by atoms with Gasteiger partial charge in [-0.1, -0.05) is 48.5 Å². The number of carboxylic acids is 1. The molecule has 2 atom stereocenters. The first-order valence-corrected chi connectivity index (χ1v) is 12.6. The van der Waals surface area contributed by atoms with Crippen LogP contribution in [0.5, 0.6) is 0 Å². The molecule has 3 N–H and O–H groups in total. The maximum absolute atomic E-state index is 12.7. The van der Waals surface area contributed by atoms with E-state index in [1.807, 2.05) is 48.5 Å². The molecule has 9 nitrogen and oxygen atoms in total. The van der Waals surface area contributed by atoms with E-state index in [2.05, 4.69) is 10.6 Å². The Hall–Kier alpha value is -3.53. The van der Waals surface area contributed by atoms with E-state index in [1.54, 1.807) is 13.2 Å². The van der Waals surface area contributed by atoms with Crippen molar-refractivity contribution in [2.24, 2.45) is 0 Å². The lowest BCUT2D eigenvalue weighted by Crippen LogP contribution is -2.55. The van der Waals surface area contributed by atoms with E-state index < -0.39 is 36.0 Å². The van der Waals surface area contributed by atoms with Gasteiger partial charge in [-0.25, -0.2) is 14.4 Å². The number of rotatable bonds is 11. The molecule has 1 unspecified atom stereocenters. The molecule has 0 saturated heterocycles. The molecule has 186 valence electrons. The van der Waals surface area contributed by atoms with Crippen LogP contribution >= 0.6 is 11.8 Å². The van der Waals surface area contributed by atoms with Crippen LogP contribution in [0.2, 0.25) is 0 Å². The van der Waals surface area contributed by atoms with Gasteiger partial charge in [0.2, 0.25) is 6.04 Å². The van der Waals surface area contributed by atoms with Crippen molar-refractivity contribution in [1.29, 1.82) is 0 Å². The Balaban J connectivity index is 1.69. The molecular formula is C25H28N2O7S. The summed E-state index contributed by atoms with van der Waals surface area (Å²) >= 11 is 1.42. The van der Waals surface area contributed by atoms with Gasteiger partial charge in [-0.15, -0.1) is 0 Å². The third-order valence-electron chi connectivity index (χ3n) is 5.62. The molecule has 3 rings (SSSR count). The summed E-state index contributed by atoms with van der Waals surface area (Å²) in [5.41, 5.74) is 4.15.